The van der Waals surface area contributed by atoms with Crippen LogP contribution in [0.4, 0.5) is 0 Å². The minimum absolute atomic E-state index is 0.0463. The first kappa shape index (κ1) is 15.0. The molecule has 1 aliphatic rings. The van der Waals surface area contributed by atoms with E-state index in [-0.39, 0.29) is 18.1 Å². The summed E-state index contributed by atoms with van der Waals surface area (Å²) in [7, 11) is 0. The zero-order valence-corrected chi connectivity index (χ0v) is 13.0. The van der Waals surface area contributed by atoms with Crippen molar-refractivity contribution >= 4 is 17.5 Å². The van der Waals surface area contributed by atoms with Gasteiger partial charge >= 0.3 is 0 Å². The van der Waals surface area contributed by atoms with Gasteiger partial charge in [-0.1, -0.05) is 23.7 Å². The first-order valence-corrected chi connectivity index (χ1v) is 7.62. The smallest absolute Gasteiger partial charge is 0.253 e. The van der Waals surface area contributed by atoms with Crippen molar-refractivity contribution in [2.75, 3.05) is 6.61 Å². The molecule has 1 aromatic carbocycles. The number of carbonyl (C=O) groups is 1. The van der Waals surface area contributed by atoms with Crippen molar-refractivity contribution in [3.05, 3.63) is 64.4 Å². The predicted molar refractivity (Wildman–Crippen MR) is 85.0 cm³/mol. The summed E-state index contributed by atoms with van der Waals surface area (Å²) in [5.74, 6) is -0.123. The Bertz CT molecular complexity index is 655. The Labute approximate surface area is 134 Å². The molecule has 4 nitrogen and oxygen atoms in total. The molecule has 1 aromatic heterocycles. The number of aryl methyl sites for hydroxylation is 1. The van der Waals surface area contributed by atoms with Gasteiger partial charge in [0.05, 0.1) is 11.6 Å². The Hall–Kier alpha value is -1.91. The second-order valence-corrected chi connectivity index (χ2v) is 5.84. The van der Waals surface area contributed by atoms with Gasteiger partial charge in [-0.2, -0.15) is 0 Å². The van der Waals surface area contributed by atoms with E-state index in [1.54, 1.807) is 12.3 Å². The van der Waals surface area contributed by atoms with Gasteiger partial charge in [-0.05, 0) is 43.2 Å². The molecule has 1 fully saturated rings. The van der Waals surface area contributed by atoms with Crippen LogP contribution in [0.25, 0.3) is 0 Å². The summed E-state index contributed by atoms with van der Waals surface area (Å²) in [4.78, 5) is 16.5. The lowest BCUT2D eigenvalue weighted by molar-refractivity contribution is 0.0821. The zero-order valence-electron chi connectivity index (χ0n) is 12.3. The van der Waals surface area contributed by atoms with Gasteiger partial charge in [0.2, 0.25) is 0 Å². The molecule has 0 saturated carbocycles. The van der Waals surface area contributed by atoms with Crippen LogP contribution in [0.5, 0.6) is 0 Å². The van der Waals surface area contributed by atoms with Crippen LogP contribution in [0.15, 0.2) is 42.6 Å². The van der Waals surface area contributed by atoms with Crippen LogP contribution >= 0.6 is 11.6 Å². The molecule has 114 valence electrons. The van der Waals surface area contributed by atoms with E-state index in [0.717, 1.165) is 17.7 Å². The number of hydrogen-bond acceptors (Lipinski definition) is 3. The topological polar surface area (TPSA) is 51.2 Å². The molecule has 2 atom stereocenters. The average Bonchev–Trinajstić information content (AvgIpc) is 2.97. The summed E-state index contributed by atoms with van der Waals surface area (Å²) in [5, 5.41) is 3.73. The molecule has 1 amide bonds. The first-order valence-electron chi connectivity index (χ1n) is 7.24. The van der Waals surface area contributed by atoms with E-state index < -0.39 is 0 Å². The van der Waals surface area contributed by atoms with Crippen molar-refractivity contribution in [1.29, 1.82) is 0 Å². The third-order valence-electron chi connectivity index (χ3n) is 3.78. The molecule has 0 spiro atoms. The molecule has 3 rings (SSSR count). The zero-order chi connectivity index (χ0) is 15.5. The predicted octanol–water partition coefficient (Wildman–Crippen LogP) is 3.30. The first-order chi connectivity index (χ1) is 10.6. The number of halogens is 1. The van der Waals surface area contributed by atoms with E-state index in [1.165, 1.54) is 0 Å². The third kappa shape index (κ3) is 3.29. The maximum atomic E-state index is 12.3. The number of aromatic nitrogens is 1. The van der Waals surface area contributed by atoms with Gasteiger partial charge in [0.25, 0.3) is 5.91 Å². The van der Waals surface area contributed by atoms with Gasteiger partial charge < -0.3 is 10.1 Å². The van der Waals surface area contributed by atoms with Crippen LogP contribution in [-0.2, 0) is 4.74 Å². The molecule has 22 heavy (non-hydrogen) atoms. The summed E-state index contributed by atoms with van der Waals surface area (Å²) in [6.45, 7) is 2.52. The van der Waals surface area contributed by atoms with E-state index in [9.17, 15) is 4.79 Å². The largest absolute Gasteiger partial charge is 0.371 e. The molecule has 2 aromatic rings. The number of pyridine rings is 1. The summed E-state index contributed by atoms with van der Waals surface area (Å²) in [6.07, 6.45) is 2.25. The fourth-order valence-corrected chi connectivity index (χ4v) is 2.70. The molecule has 1 aliphatic heterocycles. The molecule has 0 radical (unpaired) electrons. The quantitative estimate of drug-likeness (QED) is 0.945. The molecule has 1 N–H and O–H groups in total. The van der Waals surface area contributed by atoms with Crippen molar-refractivity contribution in [3.8, 4) is 0 Å². The summed E-state index contributed by atoms with van der Waals surface area (Å²) >= 11 is 5.91. The number of benzene rings is 1. The molecular formula is C17H17ClN2O2. The Morgan fingerprint density at radius 1 is 1.27 bits per heavy atom. The van der Waals surface area contributed by atoms with Crippen molar-refractivity contribution in [2.45, 2.75) is 25.5 Å². The van der Waals surface area contributed by atoms with Crippen LogP contribution < -0.4 is 5.32 Å². The second kappa shape index (κ2) is 6.46. The maximum Gasteiger partial charge on any atom is 0.253 e. The average molecular weight is 317 g/mol. The minimum Gasteiger partial charge on any atom is -0.371 e. The number of rotatable bonds is 3. The minimum atomic E-state index is -0.139. The maximum absolute atomic E-state index is 12.3. The van der Waals surface area contributed by atoms with E-state index in [4.69, 9.17) is 16.3 Å². The number of nitrogens with zero attached hydrogens (tertiary/aromatic N) is 1. The molecule has 1 saturated heterocycles. The Balaban J connectivity index is 1.72. The third-order valence-corrected chi connectivity index (χ3v) is 4.03. The number of amides is 1. The van der Waals surface area contributed by atoms with Gasteiger partial charge in [0, 0.05) is 23.5 Å². The summed E-state index contributed by atoms with van der Waals surface area (Å²) in [6, 6.07) is 11.1. The highest BCUT2D eigenvalue weighted by molar-refractivity contribution is 6.30. The van der Waals surface area contributed by atoms with Crippen molar-refractivity contribution in [3.63, 3.8) is 0 Å². The summed E-state index contributed by atoms with van der Waals surface area (Å²) < 4.78 is 5.77. The van der Waals surface area contributed by atoms with Gasteiger partial charge in [-0.3, -0.25) is 9.78 Å². The van der Waals surface area contributed by atoms with E-state index in [1.807, 2.05) is 37.3 Å². The SMILES string of the molecule is Cc1ccc(C(=O)NC2CCOC2c2ccc(Cl)cc2)cn1. The van der Waals surface area contributed by atoms with Crippen LogP contribution in [0.3, 0.4) is 0 Å². The Kier molecular flexibility index (Phi) is 4.41. The molecule has 0 bridgehead atoms. The molecule has 0 aliphatic carbocycles. The normalized spacial score (nSPS) is 20.8. The lowest BCUT2D eigenvalue weighted by Gasteiger charge is -2.20. The monoisotopic (exact) mass is 316 g/mol. The Morgan fingerprint density at radius 2 is 2.05 bits per heavy atom. The standard InChI is InChI=1S/C17H17ClN2O2/c1-11-2-3-13(10-19-11)17(21)20-15-8-9-22-16(15)12-4-6-14(18)7-5-12/h2-7,10,15-16H,8-9H2,1H3,(H,20,21). The van der Waals surface area contributed by atoms with E-state index in [2.05, 4.69) is 10.3 Å². The molecule has 2 unspecified atom stereocenters. The lowest BCUT2D eigenvalue weighted by Crippen LogP contribution is -2.36. The highest BCUT2D eigenvalue weighted by Gasteiger charge is 2.31. The fraction of sp³-hybridized carbons (Fsp3) is 0.294. The van der Waals surface area contributed by atoms with Gasteiger partial charge in [0.1, 0.15) is 6.10 Å². The van der Waals surface area contributed by atoms with Crippen molar-refractivity contribution < 1.29 is 9.53 Å². The molecule has 5 heteroatoms. The second-order valence-electron chi connectivity index (χ2n) is 5.40. The molecule has 2 heterocycles. The Morgan fingerprint density at radius 3 is 2.73 bits per heavy atom. The fourth-order valence-electron chi connectivity index (χ4n) is 2.57. The van der Waals surface area contributed by atoms with E-state index in [0.29, 0.717) is 17.2 Å². The summed E-state index contributed by atoms with van der Waals surface area (Å²) in [5.41, 5.74) is 2.47. The number of ether oxygens (including phenoxy) is 1. The van der Waals surface area contributed by atoms with E-state index >= 15 is 0 Å². The number of carbonyl (C=O) groups excluding carboxylic acids is 1. The lowest BCUT2D eigenvalue weighted by atomic mass is 10.0. The van der Waals surface area contributed by atoms with Crippen LogP contribution in [0, 0.1) is 6.92 Å². The van der Waals surface area contributed by atoms with Gasteiger partial charge in [-0.25, -0.2) is 0 Å². The van der Waals surface area contributed by atoms with Crippen LogP contribution in [-0.4, -0.2) is 23.5 Å². The highest BCUT2D eigenvalue weighted by Crippen LogP contribution is 2.30. The van der Waals surface area contributed by atoms with Crippen molar-refractivity contribution in [2.24, 2.45) is 0 Å². The van der Waals surface area contributed by atoms with Crippen molar-refractivity contribution in [1.82, 2.24) is 10.3 Å². The number of hydrogen-bond donors (Lipinski definition) is 1. The van der Waals surface area contributed by atoms with Gasteiger partial charge in [0.15, 0.2) is 0 Å². The molecular weight excluding hydrogens is 300 g/mol. The van der Waals surface area contributed by atoms with Crippen LogP contribution in [0.2, 0.25) is 5.02 Å². The number of nitrogens with one attached hydrogen (secondary N) is 1. The van der Waals surface area contributed by atoms with Crippen LogP contribution in [0.1, 0.15) is 34.1 Å². The van der Waals surface area contributed by atoms with Gasteiger partial charge in [-0.15, -0.1) is 0 Å². The highest BCUT2D eigenvalue weighted by atomic mass is 35.5.